The zero-order valence-electron chi connectivity index (χ0n) is 18.0. The Kier molecular flexibility index (Phi) is 8.59. The Morgan fingerprint density at radius 1 is 0.900 bits per heavy atom. The van der Waals surface area contributed by atoms with E-state index in [0.29, 0.717) is 6.54 Å². The fraction of sp³-hybridized carbons (Fsp3) is 0.375. The molecule has 6 nitrogen and oxygen atoms in total. The van der Waals surface area contributed by atoms with E-state index in [1.165, 1.54) is 4.90 Å². The van der Waals surface area contributed by atoms with Crippen molar-refractivity contribution in [2.75, 3.05) is 7.05 Å². The summed E-state index contributed by atoms with van der Waals surface area (Å²) in [6.07, 6.45) is -0.774. The van der Waals surface area contributed by atoms with E-state index in [1.54, 1.807) is 14.0 Å². The first-order chi connectivity index (χ1) is 14.3. The van der Waals surface area contributed by atoms with Crippen LogP contribution >= 0.6 is 0 Å². The van der Waals surface area contributed by atoms with Crippen LogP contribution in [0.15, 0.2) is 60.7 Å². The van der Waals surface area contributed by atoms with Gasteiger partial charge >= 0.3 is 5.97 Å². The van der Waals surface area contributed by atoms with Crippen molar-refractivity contribution in [3.8, 4) is 0 Å². The highest BCUT2D eigenvalue weighted by Crippen LogP contribution is 2.10. The van der Waals surface area contributed by atoms with Crippen molar-refractivity contribution in [1.29, 1.82) is 0 Å². The zero-order chi connectivity index (χ0) is 22.1. The summed E-state index contributed by atoms with van der Waals surface area (Å²) in [5.74, 6) is -1.36. The van der Waals surface area contributed by atoms with Crippen molar-refractivity contribution in [2.24, 2.45) is 5.92 Å². The number of amides is 2. The summed E-state index contributed by atoms with van der Waals surface area (Å²) in [6, 6.07) is 18.1. The number of nitrogens with zero attached hydrogens (tertiary/aromatic N) is 1. The van der Waals surface area contributed by atoms with Gasteiger partial charge in [0.15, 0.2) is 6.10 Å². The second kappa shape index (κ2) is 11.1. The third-order valence-electron chi connectivity index (χ3n) is 4.72. The number of hydrogen-bond acceptors (Lipinski definition) is 4. The first-order valence-electron chi connectivity index (χ1n) is 10.1. The van der Waals surface area contributed by atoms with Crippen molar-refractivity contribution in [2.45, 2.75) is 45.9 Å². The molecule has 0 bridgehead atoms. The predicted octanol–water partition coefficient (Wildman–Crippen LogP) is 2.96. The molecule has 0 saturated heterocycles. The van der Waals surface area contributed by atoms with E-state index in [9.17, 15) is 14.4 Å². The highest BCUT2D eigenvalue weighted by molar-refractivity contribution is 5.88. The van der Waals surface area contributed by atoms with Crippen LogP contribution in [-0.4, -0.2) is 41.9 Å². The maximum Gasteiger partial charge on any atom is 0.329 e. The van der Waals surface area contributed by atoms with Crippen LogP contribution in [-0.2, 0) is 32.1 Å². The molecule has 0 heterocycles. The van der Waals surface area contributed by atoms with Gasteiger partial charge in [-0.3, -0.25) is 9.59 Å². The molecule has 30 heavy (non-hydrogen) atoms. The van der Waals surface area contributed by atoms with E-state index in [0.717, 1.165) is 11.1 Å². The second-order valence-electron chi connectivity index (χ2n) is 7.71. The molecule has 2 atom stereocenters. The minimum atomic E-state index is -0.946. The Balaban J connectivity index is 1.92. The summed E-state index contributed by atoms with van der Waals surface area (Å²) in [7, 11) is 1.67. The third-order valence-corrected chi connectivity index (χ3v) is 4.72. The molecule has 2 aromatic carbocycles. The maximum absolute atomic E-state index is 12.7. The van der Waals surface area contributed by atoms with Crippen LogP contribution in [0.4, 0.5) is 0 Å². The first kappa shape index (κ1) is 23.1. The Morgan fingerprint density at radius 2 is 1.43 bits per heavy atom. The van der Waals surface area contributed by atoms with Gasteiger partial charge in [-0.15, -0.1) is 0 Å². The zero-order valence-corrected chi connectivity index (χ0v) is 18.0. The van der Waals surface area contributed by atoms with Gasteiger partial charge in [-0.05, 0) is 24.0 Å². The smallest absolute Gasteiger partial charge is 0.329 e. The Hall–Kier alpha value is -3.15. The number of rotatable bonds is 9. The van der Waals surface area contributed by atoms with Crippen LogP contribution in [0.25, 0.3) is 0 Å². The molecule has 0 aliphatic carbocycles. The van der Waals surface area contributed by atoms with Gasteiger partial charge in [-0.25, -0.2) is 4.79 Å². The summed E-state index contributed by atoms with van der Waals surface area (Å²) in [6.45, 7) is 5.61. The molecular formula is C24H30N2O4. The molecule has 0 spiro atoms. The monoisotopic (exact) mass is 410 g/mol. The Morgan fingerprint density at radius 3 is 1.97 bits per heavy atom. The van der Waals surface area contributed by atoms with Gasteiger partial charge in [0.05, 0.1) is 6.42 Å². The lowest BCUT2D eigenvalue weighted by atomic mass is 10.0. The van der Waals surface area contributed by atoms with Crippen LogP contribution in [0.2, 0.25) is 0 Å². The number of esters is 1. The highest BCUT2D eigenvalue weighted by Gasteiger charge is 2.30. The van der Waals surface area contributed by atoms with Crippen LogP contribution in [0, 0.1) is 5.92 Å². The molecule has 160 valence electrons. The highest BCUT2D eigenvalue weighted by atomic mass is 16.5. The summed E-state index contributed by atoms with van der Waals surface area (Å²) >= 11 is 0. The van der Waals surface area contributed by atoms with Crippen LogP contribution < -0.4 is 5.32 Å². The summed E-state index contributed by atoms with van der Waals surface area (Å²) in [5.41, 5.74) is 1.84. The lowest BCUT2D eigenvalue weighted by molar-refractivity contribution is -0.162. The molecule has 0 saturated carbocycles. The molecule has 2 rings (SSSR count). The largest absolute Gasteiger partial charge is 0.451 e. The Bertz CT molecular complexity index is 837. The van der Waals surface area contributed by atoms with Gasteiger partial charge in [0.25, 0.3) is 5.91 Å². The van der Waals surface area contributed by atoms with Crippen LogP contribution in [0.1, 0.15) is 31.9 Å². The average molecular weight is 411 g/mol. The van der Waals surface area contributed by atoms with Gasteiger partial charge < -0.3 is 15.0 Å². The van der Waals surface area contributed by atoms with Crippen molar-refractivity contribution >= 4 is 17.8 Å². The molecule has 1 N–H and O–H groups in total. The quantitative estimate of drug-likeness (QED) is 0.645. The molecule has 0 unspecified atom stereocenters. The molecule has 0 aliphatic rings. The van der Waals surface area contributed by atoms with Gasteiger partial charge in [0.2, 0.25) is 5.91 Å². The molecule has 0 radical (unpaired) electrons. The number of nitrogens with one attached hydrogen (secondary N) is 1. The molecule has 0 aromatic heterocycles. The average Bonchev–Trinajstić information content (AvgIpc) is 2.72. The summed E-state index contributed by atoms with van der Waals surface area (Å²) in [4.78, 5) is 39.1. The standard InChI is InChI=1S/C24H30N2O4/c1-17(2)22(25-21(27)15-19-11-7-5-8-12-19)24(29)30-18(3)23(28)26(4)16-20-13-9-6-10-14-20/h5-14,17-18,22H,15-16H2,1-4H3,(H,25,27)/t18-,22-/m0/s1. The minimum Gasteiger partial charge on any atom is -0.451 e. The van der Waals surface area contributed by atoms with Crippen LogP contribution in [0.3, 0.4) is 0 Å². The van der Waals surface area contributed by atoms with E-state index in [4.69, 9.17) is 4.74 Å². The number of carbonyl (C=O) groups is 3. The molecule has 2 amide bonds. The number of likely N-dealkylation sites (N-methyl/N-ethyl adjacent to an activating group) is 1. The lowest BCUT2D eigenvalue weighted by Crippen LogP contribution is -2.48. The molecular weight excluding hydrogens is 380 g/mol. The van der Waals surface area contributed by atoms with E-state index in [1.807, 2.05) is 74.5 Å². The number of hydrogen-bond donors (Lipinski definition) is 1. The molecule has 0 fully saturated rings. The minimum absolute atomic E-state index is 0.172. The Labute approximate surface area is 178 Å². The van der Waals surface area contributed by atoms with Crippen molar-refractivity contribution < 1.29 is 19.1 Å². The normalized spacial score (nSPS) is 12.7. The topological polar surface area (TPSA) is 75.7 Å². The predicted molar refractivity (Wildman–Crippen MR) is 115 cm³/mol. The van der Waals surface area contributed by atoms with Crippen molar-refractivity contribution in [3.63, 3.8) is 0 Å². The van der Waals surface area contributed by atoms with E-state index >= 15 is 0 Å². The van der Waals surface area contributed by atoms with Gasteiger partial charge in [0.1, 0.15) is 6.04 Å². The molecule has 6 heteroatoms. The number of ether oxygens (including phenoxy) is 1. The molecule has 0 aliphatic heterocycles. The van der Waals surface area contributed by atoms with Gasteiger partial charge in [-0.1, -0.05) is 74.5 Å². The lowest BCUT2D eigenvalue weighted by Gasteiger charge is -2.25. The van der Waals surface area contributed by atoms with Gasteiger partial charge in [0, 0.05) is 13.6 Å². The third kappa shape index (κ3) is 7.03. The SMILES string of the molecule is CC(C)[C@H](NC(=O)Cc1ccccc1)C(=O)O[C@@H](C)C(=O)N(C)Cc1ccccc1. The second-order valence-corrected chi connectivity index (χ2v) is 7.71. The fourth-order valence-electron chi connectivity index (χ4n) is 3.05. The first-order valence-corrected chi connectivity index (χ1v) is 10.1. The van der Waals surface area contributed by atoms with E-state index < -0.39 is 18.1 Å². The van der Waals surface area contributed by atoms with E-state index in [-0.39, 0.29) is 24.2 Å². The number of benzene rings is 2. The maximum atomic E-state index is 12.7. The fourth-order valence-corrected chi connectivity index (χ4v) is 3.05. The van der Waals surface area contributed by atoms with Crippen LogP contribution in [0.5, 0.6) is 0 Å². The summed E-state index contributed by atoms with van der Waals surface area (Å²) < 4.78 is 5.40. The van der Waals surface area contributed by atoms with E-state index in [2.05, 4.69) is 5.32 Å². The number of carbonyl (C=O) groups excluding carboxylic acids is 3. The van der Waals surface area contributed by atoms with Crippen molar-refractivity contribution in [1.82, 2.24) is 10.2 Å². The van der Waals surface area contributed by atoms with Crippen molar-refractivity contribution in [3.05, 3.63) is 71.8 Å². The molecule has 2 aromatic rings. The summed E-state index contributed by atoms with van der Waals surface area (Å²) in [5, 5.41) is 2.74. The van der Waals surface area contributed by atoms with Gasteiger partial charge in [-0.2, -0.15) is 0 Å².